The normalized spacial score (nSPS) is 10.9. The van der Waals surface area contributed by atoms with E-state index in [1.54, 1.807) is 6.07 Å². The molecule has 0 unspecified atom stereocenters. The number of carbonyl (C=O) groups is 1. The lowest BCUT2D eigenvalue weighted by molar-refractivity contribution is 0.0984. The SMILES string of the molecule is CC(C)NCCCC(=O)c1sccc1Cl. The smallest absolute Gasteiger partial charge is 0.174 e. The van der Waals surface area contributed by atoms with Crippen LogP contribution in [0.2, 0.25) is 5.02 Å². The lowest BCUT2D eigenvalue weighted by Crippen LogP contribution is -2.24. The molecule has 1 rings (SSSR count). The minimum atomic E-state index is 0.153. The summed E-state index contributed by atoms with van der Waals surface area (Å²) in [5, 5.41) is 5.71. The van der Waals surface area contributed by atoms with Crippen LogP contribution in [0.1, 0.15) is 36.4 Å². The molecule has 1 heterocycles. The van der Waals surface area contributed by atoms with Gasteiger partial charge in [0, 0.05) is 12.5 Å². The molecule has 1 aromatic heterocycles. The van der Waals surface area contributed by atoms with Crippen molar-refractivity contribution in [3.05, 3.63) is 21.3 Å². The minimum absolute atomic E-state index is 0.153. The summed E-state index contributed by atoms with van der Waals surface area (Å²) >= 11 is 7.29. The van der Waals surface area contributed by atoms with Gasteiger partial charge in [-0.2, -0.15) is 0 Å². The summed E-state index contributed by atoms with van der Waals surface area (Å²) in [6.45, 7) is 5.07. The summed E-state index contributed by atoms with van der Waals surface area (Å²) in [6, 6.07) is 2.25. The van der Waals surface area contributed by atoms with Gasteiger partial charge in [-0.1, -0.05) is 25.4 Å². The first-order valence-electron chi connectivity index (χ1n) is 5.11. The molecule has 4 heteroatoms. The predicted molar refractivity (Wildman–Crippen MR) is 66.0 cm³/mol. The first-order valence-corrected chi connectivity index (χ1v) is 6.36. The molecule has 0 fully saturated rings. The van der Waals surface area contributed by atoms with E-state index in [1.807, 2.05) is 5.38 Å². The Bertz CT molecular complexity index is 322. The van der Waals surface area contributed by atoms with Gasteiger partial charge in [-0.25, -0.2) is 0 Å². The number of ketones is 1. The fraction of sp³-hybridized carbons (Fsp3) is 0.545. The van der Waals surface area contributed by atoms with Crippen molar-refractivity contribution < 1.29 is 4.79 Å². The summed E-state index contributed by atoms with van der Waals surface area (Å²) in [5.41, 5.74) is 0. The number of hydrogen-bond acceptors (Lipinski definition) is 3. The van der Waals surface area contributed by atoms with E-state index in [9.17, 15) is 4.79 Å². The van der Waals surface area contributed by atoms with Crippen LogP contribution in [0.5, 0.6) is 0 Å². The van der Waals surface area contributed by atoms with Crippen LogP contribution in [0.3, 0.4) is 0 Å². The highest BCUT2D eigenvalue weighted by Gasteiger charge is 2.10. The van der Waals surface area contributed by atoms with Crippen LogP contribution in [0.25, 0.3) is 0 Å². The first kappa shape index (κ1) is 12.7. The van der Waals surface area contributed by atoms with Gasteiger partial charge in [-0.3, -0.25) is 4.79 Å². The Morgan fingerprint density at radius 3 is 2.87 bits per heavy atom. The van der Waals surface area contributed by atoms with E-state index in [1.165, 1.54) is 11.3 Å². The largest absolute Gasteiger partial charge is 0.315 e. The van der Waals surface area contributed by atoms with Crippen molar-refractivity contribution in [1.29, 1.82) is 0 Å². The van der Waals surface area contributed by atoms with Crippen molar-refractivity contribution in [2.75, 3.05) is 6.54 Å². The van der Waals surface area contributed by atoms with Gasteiger partial charge in [0.2, 0.25) is 0 Å². The second-order valence-electron chi connectivity index (χ2n) is 3.73. The van der Waals surface area contributed by atoms with Crippen LogP contribution in [0, 0.1) is 0 Å². The van der Waals surface area contributed by atoms with Gasteiger partial charge in [0.25, 0.3) is 0 Å². The molecule has 0 aliphatic carbocycles. The van der Waals surface area contributed by atoms with Crippen LogP contribution in [-0.2, 0) is 0 Å². The van der Waals surface area contributed by atoms with Crippen LogP contribution in [0.4, 0.5) is 0 Å². The van der Waals surface area contributed by atoms with Gasteiger partial charge in [-0.05, 0) is 24.4 Å². The van der Waals surface area contributed by atoms with E-state index in [2.05, 4.69) is 19.2 Å². The van der Waals surface area contributed by atoms with Gasteiger partial charge in [0.05, 0.1) is 9.90 Å². The molecule has 0 amide bonds. The minimum Gasteiger partial charge on any atom is -0.315 e. The molecule has 0 saturated carbocycles. The molecule has 1 N–H and O–H groups in total. The molecule has 0 aliphatic rings. The van der Waals surface area contributed by atoms with Crippen molar-refractivity contribution in [2.24, 2.45) is 0 Å². The van der Waals surface area contributed by atoms with Gasteiger partial charge in [0.1, 0.15) is 0 Å². The van der Waals surface area contributed by atoms with E-state index in [4.69, 9.17) is 11.6 Å². The van der Waals surface area contributed by atoms with E-state index >= 15 is 0 Å². The molecule has 0 bridgehead atoms. The molecule has 0 atom stereocenters. The van der Waals surface area contributed by atoms with Gasteiger partial charge in [-0.15, -0.1) is 11.3 Å². The highest BCUT2D eigenvalue weighted by molar-refractivity contribution is 7.12. The Labute approximate surface area is 99.6 Å². The fourth-order valence-electron chi connectivity index (χ4n) is 1.25. The Morgan fingerprint density at radius 1 is 1.60 bits per heavy atom. The lowest BCUT2D eigenvalue weighted by Gasteiger charge is -2.06. The van der Waals surface area contributed by atoms with E-state index < -0.39 is 0 Å². The van der Waals surface area contributed by atoms with E-state index in [-0.39, 0.29) is 5.78 Å². The van der Waals surface area contributed by atoms with Gasteiger partial charge in [0.15, 0.2) is 5.78 Å². The second-order valence-corrected chi connectivity index (χ2v) is 5.06. The van der Waals surface area contributed by atoms with E-state index in [0.29, 0.717) is 22.4 Å². The molecule has 0 spiro atoms. The van der Waals surface area contributed by atoms with E-state index in [0.717, 1.165) is 13.0 Å². The quantitative estimate of drug-likeness (QED) is 0.615. The van der Waals surface area contributed by atoms with Crippen LogP contribution in [0.15, 0.2) is 11.4 Å². The maximum absolute atomic E-state index is 11.7. The number of nitrogens with one attached hydrogen (secondary N) is 1. The highest BCUT2D eigenvalue weighted by atomic mass is 35.5. The zero-order chi connectivity index (χ0) is 11.3. The Balaban J connectivity index is 2.28. The van der Waals surface area contributed by atoms with Gasteiger partial charge >= 0.3 is 0 Å². The van der Waals surface area contributed by atoms with Gasteiger partial charge < -0.3 is 5.32 Å². The molecular weight excluding hydrogens is 230 g/mol. The number of halogens is 1. The number of Topliss-reactive ketones (excluding diaryl/α,β-unsaturated/α-hetero) is 1. The van der Waals surface area contributed by atoms with Crippen LogP contribution < -0.4 is 5.32 Å². The summed E-state index contributed by atoms with van der Waals surface area (Å²) in [7, 11) is 0. The standard InChI is InChI=1S/C11H16ClNOS/c1-8(2)13-6-3-4-10(14)11-9(12)5-7-15-11/h5,7-8,13H,3-4,6H2,1-2H3. The third-order valence-corrected chi connectivity index (χ3v) is 3.39. The molecule has 2 nitrogen and oxygen atoms in total. The maximum Gasteiger partial charge on any atom is 0.174 e. The lowest BCUT2D eigenvalue weighted by atomic mass is 10.2. The van der Waals surface area contributed by atoms with Crippen molar-refractivity contribution in [3.8, 4) is 0 Å². The molecule has 84 valence electrons. The fourth-order valence-corrected chi connectivity index (χ4v) is 2.38. The summed E-state index contributed by atoms with van der Waals surface area (Å²) in [6.07, 6.45) is 1.44. The van der Waals surface area contributed by atoms with Crippen LogP contribution in [-0.4, -0.2) is 18.4 Å². The second kappa shape index (κ2) is 6.26. The summed E-state index contributed by atoms with van der Waals surface area (Å²) in [4.78, 5) is 12.4. The third kappa shape index (κ3) is 4.33. The molecule has 0 aliphatic heterocycles. The van der Waals surface area contributed by atoms with Crippen molar-refractivity contribution in [2.45, 2.75) is 32.7 Å². The molecule has 0 radical (unpaired) electrons. The van der Waals surface area contributed by atoms with Crippen LogP contribution >= 0.6 is 22.9 Å². The van der Waals surface area contributed by atoms with Crippen molar-refractivity contribution in [1.82, 2.24) is 5.32 Å². The number of hydrogen-bond donors (Lipinski definition) is 1. The predicted octanol–water partition coefficient (Wildman–Crippen LogP) is 3.36. The van der Waals surface area contributed by atoms with Crippen molar-refractivity contribution in [3.63, 3.8) is 0 Å². The number of carbonyl (C=O) groups excluding carboxylic acids is 1. The molecule has 0 saturated heterocycles. The zero-order valence-corrected chi connectivity index (χ0v) is 10.6. The Kier molecular flexibility index (Phi) is 5.29. The summed E-state index contributed by atoms with van der Waals surface area (Å²) in [5.74, 6) is 0.153. The first-order chi connectivity index (χ1) is 7.11. The van der Waals surface area contributed by atoms with Crippen molar-refractivity contribution >= 4 is 28.7 Å². The Morgan fingerprint density at radius 2 is 2.33 bits per heavy atom. The average molecular weight is 246 g/mol. The molecular formula is C11H16ClNOS. The maximum atomic E-state index is 11.7. The zero-order valence-electron chi connectivity index (χ0n) is 9.05. The third-order valence-electron chi connectivity index (χ3n) is 2.00. The highest BCUT2D eigenvalue weighted by Crippen LogP contribution is 2.23. The number of thiophene rings is 1. The summed E-state index contributed by atoms with van der Waals surface area (Å²) < 4.78 is 0. The monoisotopic (exact) mass is 245 g/mol. The number of rotatable bonds is 6. The molecule has 15 heavy (non-hydrogen) atoms. The topological polar surface area (TPSA) is 29.1 Å². The Hall–Kier alpha value is -0.380. The molecule has 1 aromatic rings. The average Bonchev–Trinajstić information content (AvgIpc) is 2.58. The molecule has 0 aromatic carbocycles.